The lowest BCUT2D eigenvalue weighted by Crippen LogP contribution is -2.44. The van der Waals surface area contributed by atoms with Crippen molar-refractivity contribution >= 4 is 0 Å². The number of aromatic nitrogens is 1. The van der Waals surface area contributed by atoms with Crippen LogP contribution in [0.5, 0.6) is 0 Å². The SMILES string of the molecule is C[C@@H]1C[C@H](NC2CCC(O)(c3ccccn3)CC2)CN1. The van der Waals surface area contributed by atoms with Crippen LogP contribution in [0.3, 0.4) is 0 Å². The van der Waals surface area contributed by atoms with E-state index in [0.717, 1.165) is 37.9 Å². The summed E-state index contributed by atoms with van der Waals surface area (Å²) in [6, 6.07) is 7.55. The van der Waals surface area contributed by atoms with E-state index < -0.39 is 5.60 Å². The molecule has 1 saturated heterocycles. The minimum absolute atomic E-state index is 0.538. The average molecular weight is 275 g/mol. The minimum atomic E-state index is -0.722. The average Bonchev–Trinajstić information content (AvgIpc) is 2.88. The topological polar surface area (TPSA) is 57.2 Å². The van der Waals surface area contributed by atoms with Crippen molar-refractivity contribution < 1.29 is 5.11 Å². The first kappa shape index (κ1) is 14.0. The lowest BCUT2D eigenvalue weighted by Gasteiger charge is -2.37. The number of hydrogen-bond acceptors (Lipinski definition) is 4. The molecule has 2 atom stereocenters. The van der Waals surface area contributed by atoms with Crippen molar-refractivity contribution in [3.63, 3.8) is 0 Å². The van der Waals surface area contributed by atoms with Gasteiger partial charge in [-0.15, -0.1) is 0 Å². The molecule has 20 heavy (non-hydrogen) atoms. The highest BCUT2D eigenvalue weighted by Crippen LogP contribution is 2.36. The predicted octanol–water partition coefficient (Wildman–Crippen LogP) is 1.55. The maximum atomic E-state index is 10.8. The molecule has 110 valence electrons. The summed E-state index contributed by atoms with van der Waals surface area (Å²) in [6.07, 6.45) is 6.63. The molecule has 4 heteroatoms. The van der Waals surface area contributed by atoms with Gasteiger partial charge in [0.25, 0.3) is 0 Å². The zero-order valence-corrected chi connectivity index (χ0v) is 12.2. The summed E-state index contributed by atoms with van der Waals surface area (Å²) in [5, 5.41) is 18.0. The number of nitrogens with zero attached hydrogens (tertiary/aromatic N) is 1. The summed E-state index contributed by atoms with van der Waals surface area (Å²) in [6.45, 7) is 3.31. The fourth-order valence-electron chi connectivity index (χ4n) is 3.55. The van der Waals surface area contributed by atoms with Crippen LogP contribution < -0.4 is 10.6 Å². The van der Waals surface area contributed by atoms with Crippen molar-refractivity contribution in [1.82, 2.24) is 15.6 Å². The maximum absolute atomic E-state index is 10.8. The summed E-state index contributed by atoms with van der Waals surface area (Å²) >= 11 is 0. The standard InChI is InChI=1S/C16H25N3O/c1-12-10-14(11-18-12)19-13-5-7-16(20,8-6-13)15-4-2-3-9-17-15/h2-4,9,12-14,18-20H,5-8,10-11H2,1H3/t12-,13?,14+,16?/m1/s1. The summed E-state index contributed by atoms with van der Waals surface area (Å²) in [4.78, 5) is 4.33. The van der Waals surface area contributed by atoms with Gasteiger partial charge in [-0.3, -0.25) is 4.98 Å². The van der Waals surface area contributed by atoms with Crippen LogP contribution in [-0.2, 0) is 5.60 Å². The lowest BCUT2D eigenvalue weighted by molar-refractivity contribution is -0.0130. The van der Waals surface area contributed by atoms with Gasteiger partial charge in [0.05, 0.1) is 5.69 Å². The van der Waals surface area contributed by atoms with E-state index in [1.807, 2.05) is 18.2 Å². The van der Waals surface area contributed by atoms with Gasteiger partial charge in [-0.25, -0.2) is 0 Å². The van der Waals surface area contributed by atoms with Crippen LogP contribution in [0.25, 0.3) is 0 Å². The van der Waals surface area contributed by atoms with Crippen molar-refractivity contribution in [2.75, 3.05) is 6.54 Å². The van der Waals surface area contributed by atoms with Crippen molar-refractivity contribution in [3.05, 3.63) is 30.1 Å². The van der Waals surface area contributed by atoms with Crippen molar-refractivity contribution in [2.45, 2.75) is 62.8 Å². The molecule has 0 bridgehead atoms. The molecule has 3 N–H and O–H groups in total. The molecule has 2 heterocycles. The molecule has 1 saturated carbocycles. The fourth-order valence-corrected chi connectivity index (χ4v) is 3.55. The molecule has 1 aromatic heterocycles. The van der Waals surface area contributed by atoms with Crippen LogP contribution in [0.1, 0.15) is 44.7 Å². The largest absolute Gasteiger partial charge is 0.384 e. The Bertz CT molecular complexity index is 429. The van der Waals surface area contributed by atoms with Gasteiger partial charge in [-0.2, -0.15) is 0 Å². The quantitative estimate of drug-likeness (QED) is 0.783. The first-order valence-electron chi connectivity index (χ1n) is 7.79. The van der Waals surface area contributed by atoms with Gasteiger partial charge in [0.1, 0.15) is 5.60 Å². The molecule has 4 nitrogen and oxygen atoms in total. The smallest absolute Gasteiger partial charge is 0.107 e. The van der Waals surface area contributed by atoms with Gasteiger partial charge in [-0.1, -0.05) is 6.07 Å². The van der Waals surface area contributed by atoms with E-state index in [9.17, 15) is 5.11 Å². The Balaban J connectivity index is 1.54. The molecular weight excluding hydrogens is 250 g/mol. The Kier molecular flexibility index (Phi) is 4.06. The number of aliphatic hydroxyl groups is 1. The molecule has 1 aliphatic carbocycles. The van der Waals surface area contributed by atoms with E-state index >= 15 is 0 Å². The lowest BCUT2D eigenvalue weighted by atomic mass is 9.79. The van der Waals surface area contributed by atoms with Crippen LogP contribution in [0, 0.1) is 0 Å². The molecule has 0 spiro atoms. The maximum Gasteiger partial charge on any atom is 0.107 e. The van der Waals surface area contributed by atoms with E-state index in [1.165, 1.54) is 6.42 Å². The van der Waals surface area contributed by atoms with E-state index in [0.29, 0.717) is 18.1 Å². The molecular formula is C16H25N3O. The molecule has 0 unspecified atom stereocenters. The first-order chi connectivity index (χ1) is 9.66. The number of pyridine rings is 1. The number of nitrogens with one attached hydrogen (secondary N) is 2. The molecule has 1 aliphatic heterocycles. The van der Waals surface area contributed by atoms with Crippen LogP contribution >= 0.6 is 0 Å². The molecule has 3 rings (SSSR count). The normalized spacial score (nSPS) is 38.0. The fraction of sp³-hybridized carbons (Fsp3) is 0.688. The summed E-state index contributed by atoms with van der Waals surface area (Å²) in [5.74, 6) is 0. The van der Waals surface area contributed by atoms with Crippen LogP contribution in [0.4, 0.5) is 0 Å². The van der Waals surface area contributed by atoms with Crippen LogP contribution in [-0.4, -0.2) is 34.8 Å². The molecule has 0 amide bonds. The second-order valence-corrected chi connectivity index (χ2v) is 6.43. The Labute approximate surface area is 121 Å². The van der Waals surface area contributed by atoms with Crippen molar-refractivity contribution in [3.8, 4) is 0 Å². The van der Waals surface area contributed by atoms with E-state index in [4.69, 9.17) is 0 Å². The minimum Gasteiger partial charge on any atom is -0.384 e. The van der Waals surface area contributed by atoms with Crippen molar-refractivity contribution in [1.29, 1.82) is 0 Å². The van der Waals surface area contributed by atoms with Crippen LogP contribution in [0.2, 0.25) is 0 Å². The predicted molar refractivity (Wildman–Crippen MR) is 79.4 cm³/mol. The highest BCUT2D eigenvalue weighted by Gasteiger charge is 2.36. The molecule has 2 aliphatic rings. The zero-order chi connectivity index (χ0) is 14.0. The van der Waals surface area contributed by atoms with Gasteiger partial charge < -0.3 is 15.7 Å². The van der Waals surface area contributed by atoms with Crippen LogP contribution in [0.15, 0.2) is 24.4 Å². The summed E-state index contributed by atoms with van der Waals surface area (Å²) < 4.78 is 0. The van der Waals surface area contributed by atoms with E-state index in [-0.39, 0.29) is 0 Å². The number of hydrogen-bond donors (Lipinski definition) is 3. The zero-order valence-electron chi connectivity index (χ0n) is 12.2. The van der Waals surface area contributed by atoms with Gasteiger partial charge in [0.15, 0.2) is 0 Å². The molecule has 0 aromatic carbocycles. The van der Waals surface area contributed by atoms with Gasteiger partial charge >= 0.3 is 0 Å². The Hall–Kier alpha value is -0.970. The third-order valence-electron chi connectivity index (χ3n) is 4.78. The molecule has 2 fully saturated rings. The second kappa shape index (κ2) is 5.80. The third-order valence-corrected chi connectivity index (χ3v) is 4.78. The van der Waals surface area contributed by atoms with Gasteiger partial charge in [0, 0.05) is 30.9 Å². The Morgan fingerprint density at radius 2 is 2.10 bits per heavy atom. The Morgan fingerprint density at radius 1 is 1.30 bits per heavy atom. The summed E-state index contributed by atoms with van der Waals surface area (Å²) in [7, 11) is 0. The van der Waals surface area contributed by atoms with E-state index in [1.54, 1.807) is 6.20 Å². The van der Waals surface area contributed by atoms with Crippen molar-refractivity contribution in [2.24, 2.45) is 0 Å². The highest BCUT2D eigenvalue weighted by molar-refractivity contribution is 5.14. The van der Waals surface area contributed by atoms with Gasteiger partial charge in [-0.05, 0) is 51.2 Å². The number of rotatable bonds is 3. The van der Waals surface area contributed by atoms with E-state index in [2.05, 4.69) is 22.5 Å². The first-order valence-corrected chi connectivity index (χ1v) is 7.79. The Morgan fingerprint density at radius 3 is 2.70 bits per heavy atom. The monoisotopic (exact) mass is 275 g/mol. The van der Waals surface area contributed by atoms with Gasteiger partial charge in [0.2, 0.25) is 0 Å². The highest BCUT2D eigenvalue weighted by atomic mass is 16.3. The molecule has 1 aromatic rings. The molecule has 0 radical (unpaired) electrons. The second-order valence-electron chi connectivity index (χ2n) is 6.43. The third kappa shape index (κ3) is 3.03. The summed E-state index contributed by atoms with van der Waals surface area (Å²) in [5.41, 5.74) is 0.107.